The predicted octanol–water partition coefficient (Wildman–Crippen LogP) is 1.76. The van der Waals surface area contributed by atoms with Gasteiger partial charge in [-0.25, -0.2) is 19.6 Å². The number of nitrogens with zero attached hydrogens (tertiary/aromatic N) is 5. The normalized spacial score (nSPS) is 18.3. The summed E-state index contributed by atoms with van der Waals surface area (Å²) in [4.78, 5) is 49.4. The molecule has 2 fully saturated rings. The molecule has 0 bridgehead atoms. The van der Waals surface area contributed by atoms with Crippen molar-refractivity contribution in [2.45, 2.75) is 13.0 Å². The van der Waals surface area contributed by atoms with Gasteiger partial charge in [-0.2, -0.15) is 0 Å². The Labute approximate surface area is 178 Å². The number of hydrogen-bond acceptors (Lipinski definition) is 6. The molecule has 0 unspecified atom stereocenters. The zero-order valence-corrected chi connectivity index (χ0v) is 16.8. The number of carbonyl (C=O) groups is 3. The van der Waals surface area contributed by atoms with Gasteiger partial charge in [0.2, 0.25) is 5.95 Å². The van der Waals surface area contributed by atoms with Gasteiger partial charge in [0.15, 0.2) is 0 Å². The first-order valence-corrected chi connectivity index (χ1v) is 9.95. The molecular formula is C21H22N6O4. The van der Waals surface area contributed by atoms with E-state index in [2.05, 4.69) is 15.3 Å². The predicted molar refractivity (Wildman–Crippen MR) is 112 cm³/mol. The summed E-state index contributed by atoms with van der Waals surface area (Å²) in [6.07, 6.45) is 2.89. The van der Waals surface area contributed by atoms with E-state index >= 15 is 0 Å². The number of benzene rings is 1. The zero-order valence-electron chi connectivity index (χ0n) is 16.8. The zero-order chi connectivity index (χ0) is 21.8. The van der Waals surface area contributed by atoms with Crippen LogP contribution in [0.3, 0.4) is 0 Å². The Balaban J connectivity index is 1.55. The number of rotatable bonds is 4. The summed E-state index contributed by atoms with van der Waals surface area (Å²) in [7, 11) is 0. The van der Waals surface area contributed by atoms with Gasteiger partial charge in [0, 0.05) is 32.4 Å². The lowest BCUT2D eigenvalue weighted by molar-refractivity contribution is -0.116. The molecule has 2 N–H and O–H groups in total. The standard InChI is InChI=1S/C21H22N6O4/c28-18-17(27(20(29)24-18)14-15-5-2-1-3-6-15)13-16-7-8-22-19(23-16)25-9-4-10-26(12-11-25)21(30)31/h1-3,5-8,13H,4,9-12,14H2,(H,30,31)(H,24,28,29). The second-order valence-electron chi connectivity index (χ2n) is 7.25. The summed E-state index contributed by atoms with van der Waals surface area (Å²) < 4.78 is 0. The maximum Gasteiger partial charge on any atom is 0.407 e. The lowest BCUT2D eigenvalue weighted by Crippen LogP contribution is -2.34. The minimum absolute atomic E-state index is 0.214. The van der Waals surface area contributed by atoms with Crippen LogP contribution in [0.25, 0.3) is 6.08 Å². The van der Waals surface area contributed by atoms with E-state index in [0.717, 1.165) is 5.56 Å². The first-order valence-electron chi connectivity index (χ1n) is 9.95. The number of imide groups is 1. The molecule has 0 aliphatic carbocycles. The maximum atomic E-state index is 12.4. The molecule has 10 nitrogen and oxygen atoms in total. The van der Waals surface area contributed by atoms with Crippen molar-refractivity contribution in [3.8, 4) is 0 Å². The summed E-state index contributed by atoms with van der Waals surface area (Å²) in [5.74, 6) is -0.0195. The van der Waals surface area contributed by atoms with E-state index in [1.165, 1.54) is 9.80 Å². The molecule has 0 atom stereocenters. The van der Waals surface area contributed by atoms with E-state index in [1.807, 2.05) is 35.2 Å². The number of carbonyl (C=O) groups excluding carboxylic acids is 2. The number of amides is 4. The minimum atomic E-state index is -0.934. The van der Waals surface area contributed by atoms with E-state index < -0.39 is 18.0 Å². The van der Waals surface area contributed by atoms with Crippen molar-refractivity contribution >= 4 is 30.1 Å². The number of urea groups is 1. The molecule has 160 valence electrons. The molecule has 2 aliphatic rings. The molecule has 1 aromatic carbocycles. The van der Waals surface area contributed by atoms with Crippen LogP contribution in [0.1, 0.15) is 17.7 Å². The van der Waals surface area contributed by atoms with E-state index in [-0.39, 0.29) is 12.2 Å². The smallest absolute Gasteiger partial charge is 0.407 e. The number of hydrogen-bond donors (Lipinski definition) is 2. The Bertz CT molecular complexity index is 1030. The van der Waals surface area contributed by atoms with Gasteiger partial charge in [-0.05, 0) is 24.1 Å². The summed E-state index contributed by atoms with van der Waals surface area (Å²) in [5.41, 5.74) is 1.60. The van der Waals surface area contributed by atoms with Gasteiger partial charge in [-0.3, -0.25) is 15.0 Å². The molecule has 4 rings (SSSR count). The Morgan fingerprint density at radius 1 is 1.10 bits per heavy atom. The van der Waals surface area contributed by atoms with Crippen LogP contribution >= 0.6 is 0 Å². The lowest BCUT2D eigenvalue weighted by atomic mass is 10.2. The first kappa shape index (κ1) is 20.3. The van der Waals surface area contributed by atoms with Crippen molar-refractivity contribution in [2.24, 2.45) is 0 Å². The molecule has 0 radical (unpaired) electrons. The number of anilines is 1. The summed E-state index contributed by atoms with van der Waals surface area (Å²) in [5, 5.41) is 11.5. The Morgan fingerprint density at radius 3 is 2.68 bits per heavy atom. The summed E-state index contributed by atoms with van der Waals surface area (Å²) in [6.45, 7) is 2.20. The van der Waals surface area contributed by atoms with Gasteiger partial charge < -0.3 is 14.9 Å². The fourth-order valence-electron chi connectivity index (χ4n) is 3.57. The minimum Gasteiger partial charge on any atom is -0.465 e. The molecule has 1 aromatic heterocycles. The molecule has 2 aromatic rings. The van der Waals surface area contributed by atoms with Crippen molar-refractivity contribution in [3.63, 3.8) is 0 Å². The van der Waals surface area contributed by atoms with Gasteiger partial charge in [-0.1, -0.05) is 30.3 Å². The van der Waals surface area contributed by atoms with Crippen LogP contribution in [0.4, 0.5) is 15.5 Å². The highest BCUT2D eigenvalue weighted by Gasteiger charge is 2.33. The third-order valence-electron chi connectivity index (χ3n) is 5.17. The average Bonchev–Trinajstić information content (AvgIpc) is 2.94. The van der Waals surface area contributed by atoms with Gasteiger partial charge in [-0.15, -0.1) is 0 Å². The van der Waals surface area contributed by atoms with Gasteiger partial charge in [0.1, 0.15) is 5.70 Å². The maximum absolute atomic E-state index is 12.4. The van der Waals surface area contributed by atoms with Crippen molar-refractivity contribution in [1.82, 2.24) is 25.1 Å². The van der Waals surface area contributed by atoms with E-state index in [9.17, 15) is 19.5 Å². The molecule has 4 amide bonds. The first-order chi connectivity index (χ1) is 15.0. The molecule has 3 heterocycles. The molecular weight excluding hydrogens is 400 g/mol. The summed E-state index contributed by atoms with van der Waals surface area (Å²) >= 11 is 0. The molecule has 0 saturated carbocycles. The van der Waals surface area contributed by atoms with Crippen LogP contribution in [0, 0.1) is 0 Å². The fraction of sp³-hybridized carbons (Fsp3) is 0.286. The Morgan fingerprint density at radius 2 is 1.90 bits per heavy atom. The number of nitrogens with one attached hydrogen (secondary N) is 1. The monoisotopic (exact) mass is 422 g/mol. The van der Waals surface area contributed by atoms with Crippen molar-refractivity contribution in [1.29, 1.82) is 0 Å². The van der Waals surface area contributed by atoms with Crippen LogP contribution in [0.15, 0.2) is 48.3 Å². The molecule has 0 spiro atoms. The molecule has 31 heavy (non-hydrogen) atoms. The lowest BCUT2D eigenvalue weighted by Gasteiger charge is -2.21. The van der Waals surface area contributed by atoms with E-state index in [0.29, 0.717) is 44.2 Å². The number of aromatic nitrogens is 2. The second-order valence-corrected chi connectivity index (χ2v) is 7.25. The van der Waals surface area contributed by atoms with Crippen LogP contribution < -0.4 is 10.2 Å². The quantitative estimate of drug-likeness (QED) is 0.569. The van der Waals surface area contributed by atoms with Crippen LogP contribution in [0.2, 0.25) is 0 Å². The SMILES string of the molecule is O=C1NC(=O)N(Cc2ccccc2)C1=Cc1ccnc(N2CCCN(C(=O)O)CC2)n1. The summed E-state index contributed by atoms with van der Waals surface area (Å²) in [6, 6.07) is 10.6. The molecule has 2 aliphatic heterocycles. The van der Waals surface area contributed by atoms with E-state index in [1.54, 1.807) is 18.3 Å². The Hall–Kier alpha value is -3.95. The van der Waals surface area contributed by atoms with E-state index in [4.69, 9.17) is 0 Å². The topological polar surface area (TPSA) is 119 Å². The van der Waals surface area contributed by atoms with Gasteiger partial charge in [0.05, 0.1) is 12.2 Å². The van der Waals surface area contributed by atoms with Gasteiger partial charge in [0.25, 0.3) is 5.91 Å². The highest BCUT2D eigenvalue weighted by atomic mass is 16.4. The highest BCUT2D eigenvalue weighted by Crippen LogP contribution is 2.20. The van der Waals surface area contributed by atoms with Crippen molar-refractivity contribution in [2.75, 3.05) is 31.1 Å². The third kappa shape index (κ3) is 4.63. The van der Waals surface area contributed by atoms with Crippen molar-refractivity contribution < 1.29 is 19.5 Å². The second kappa shape index (κ2) is 8.82. The fourth-order valence-corrected chi connectivity index (χ4v) is 3.57. The Kier molecular flexibility index (Phi) is 5.78. The molecule has 10 heteroatoms. The van der Waals surface area contributed by atoms with Crippen molar-refractivity contribution in [3.05, 3.63) is 59.5 Å². The highest BCUT2D eigenvalue weighted by molar-refractivity contribution is 6.13. The van der Waals surface area contributed by atoms with Gasteiger partial charge >= 0.3 is 12.1 Å². The third-order valence-corrected chi connectivity index (χ3v) is 5.17. The average molecular weight is 422 g/mol. The largest absolute Gasteiger partial charge is 0.465 e. The van der Waals surface area contributed by atoms with Crippen LogP contribution in [-0.2, 0) is 11.3 Å². The molecule has 2 saturated heterocycles. The van der Waals surface area contributed by atoms with Crippen LogP contribution in [0.5, 0.6) is 0 Å². The number of carboxylic acid groups (broad SMARTS) is 1. The van der Waals surface area contributed by atoms with Crippen LogP contribution in [-0.4, -0.2) is 69.1 Å².